The maximum atomic E-state index is 0. The van der Waals surface area contributed by atoms with E-state index >= 15 is 0 Å². The normalized spacial score (nSPS) is 0. The van der Waals surface area contributed by atoms with Crippen molar-refractivity contribution < 1.29 is 11.6 Å². The van der Waals surface area contributed by atoms with Crippen molar-refractivity contribution in [2.45, 2.75) is 0 Å². The molecule has 0 aliphatic rings. The minimum Gasteiger partial charge on any atom is -0.412 e. The van der Waals surface area contributed by atoms with Crippen LogP contribution in [-0.2, 0) is 0 Å². The Hall–Kier alpha value is -0.211. The molecule has 4 heavy (non-hydrogen) atoms. The Labute approximate surface area is 25.3 Å². The van der Waals surface area contributed by atoms with Crippen molar-refractivity contribution in [1.82, 2.24) is 12.3 Å². The van der Waals surface area contributed by atoms with Gasteiger partial charge in [0.05, 0.1) is 0 Å². The first-order valence-corrected chi connectivity index (χ1v) is 0. The molecule has 3 nitrogen and oxygen atoms in total. The van der Waals surface area contributed by atoms with Crippen LogP contribution in [0.15, 0.2) is 0 Å². The zero-order chi connectivity index (χ0) is 0. The second kappa shape index (κ2) is 201. The smallest absolute Gasteiger partial charge is 0 e. The van der Waals surface area contributed by atoms with E-state index in [1.807, 2.05) is 0 Å². The van der Waals surface area contributed by atoms with Gasteiger partial charge in [0.2, 0.25) is 0 Å². The predicted molar refractivity (Wildman–Crippen MR) is 13.7 cm³/mol. The monoisotopic (exact) mass is 56.1 g/mol. The van der Waals surface area contributed by atoms with Gasteiger partial charge in [-0.05, 0) is 0 Å². The van der Waals surface area contributed by atoms with E-state index in [9.17, 15) is 0 Å². The first-order chi connectivity index (χ1) is 0. The van der Waals surface area contributed by atoms with Gasteiger partial charge in [-0.15, -0.1) is 0 Å². The summed E-state index contributed by atoms with van der Waals surface area (Å²) in [6, 6.07) is 0. The van der Waals surface area contributed by atoms with Crippen LogP contribution in [0.4, 0.5) is 0 Å². The van der Waals surface area contributed by atoms with E-state index in [4.69, 9.17) is 0 Å². The Bertz CT molecular complexity index is 6.00. The molecule has 0 atom stereocenters. The van der Waals surface area contributed by atoms with Gasteiger partial charge in [-0.25, -0.2) is 0 Å². The van der Waals surface area contributed by atoms with Gasteiger partial charge in [0.15, 0.2) is 0 Å². The van der Waals surface area contributed by atoms with Gasteiger partial charge in [-0.1, -0.05) is 0 Å². The molecule has 0 aromatic heterocycles. The first kappa shape index (κ1) is 663. The number of hydrogen-bond donors (Lipinski definition) is 2. The van der Waals surface area contributed by atoms with Crippen molar-refractivity contribution in [3.63, 3.8) is 0 Å². The summed E-state index contributed by atoms with van der Waals surface area (Å²) in [6.07, 6.45) is 0. The molecule has 0 saturated heterocycles. The van der Waals surface area contributed by atoms with Crippen molar-refractivity contribution in [2.75, 3.05) is 0 Å². The quantitative estimate of drug-likeness (QED) is 0.390. The topological polar surface area (TPSA) is 102 Å². The third kappa shape index (κ3) is 25.0. The fourth-order valence-electron chi connectivity index (χ4n) is 0. The molecule has 0 aromatic carbocycles. The van der Waals surface area contributed by atoms with Crippen molar-refractivity contribution >= 4 is 0 Å². The average molecular weight is 56.1 g/mol. The van der Waals surface area contributed by atoms with Gasteiger partial charge in [0.25, 0.3) is 0 Å². The fourth-order valence-corrected chi connectivity index (χ4v) is 0. The molecule has 0 radical (unpaired) electrons. The molecule has 0 spiro atoms. The van der Waals surface area contributed by atoms with Gasteiger partial charge < -0.3 is 17.8 Å². The maximum absolute atomic E-state index is 0. The Morgan fingerprint density at radius 2 is 0.750 bits per heavy atom. The molecule has 8 N–H and O–H groups in total. The molecule has 26 valence electrons. The van der Waals surface area contributed by atoms with Crippen molar-refractivity contribution in [1.29, 1.82) is 0 Å². The second-order valence-corrected chi connectivity index (χ2v) is 0. The summed E-state index contributed by atoms with van der Waals surface area (Å²) in [4.78, 5) is 0. The van der Waals surface area contributed by atoms with Crippen LogP contribution in [0.5, 0.6) is 0 Å². The molecule has 0 rings (SSSR count). The van der Waals surface area contributed by atoms with Crippen LogP contribution in [0.1, 0.15) is 0 Å². The summed E-state index contributed by atoms with van der Waals surface area (Å²) in [7, 11) is 0. The molecule has 0 fully saturated rings. The van der Waals surface area contributed by atoms with Gasteiger partial charge >= 0.3 is 0 Å². The van der Waals surface area contributed by atoms with Crippen LogP contribution in [0.3, 0.4) is 0 Å². The van der Waals surface area contributed by atoms with Crippen molar-refractivity contribution in [3.8, 4) is 0 Å². The van der Waals surface area contributed by atoms with Crippen LogP contribution < -0.4 is 12.3 Å². The summed E-state index contributed by atoms with van der Waals surface area (Å²) in [5, 5.41) is 0. The third-order valence-corrected chi connectivity index (χ3v) is 0. The molecule has 0 amide bonds. The Balaban J connectivity index is 0. The third-order valence-electron chi connectivity index (χ3n) is 0. The van der Waals surface area contributed by atoms with Crippen LogP contribution in [0.25, 0.3) is 0 Å². The van der Waals surface area contributed by atoms with Gasteiger partial charge in [0, 0.05) is 6.15 Å². The second-order valence-electron chi connectivity index (χ2n) is 0. The fraction of sp³-hybridized carbons (Fsp3) is 0. The molecule has 0 saturated carbocycles. The van der Waals surface area contributed by atoms with E-state index in [0.717, 1.165) is 0 Å². The van der Waals surface area contributed by atoms with Gasteiger partial charge in [0.1, 0.15) is 0 Å². The minimum absolute atomic E-state index is 0. The molecule has 0 aromatic rings. The molecule has 0 aliphatic heterocycles. The zero-order valence-electron chi connectivity index (χ0n) is 2.62. The molecular weight excluding hydrogens is 48.0 g/mol. The molecule has 0 heterocycles. The zero-order valence-corrected chi connectivity index (χ0v) is 2.62. The van der Waals surface area contributed by atoms with E-state index in [2.05, 4.69) is 0 Å². The summed E-state index contributed by atoms with van der Waals surface area (Å²) in [6.45, 7) is 0. The van der Waals surface area contributed by atoms with Crippen LogP contribution in [0.2, 0.25) is 0 Å². The van der Waals surface area contributed by atoms with Gasteiger partial charge in [-0.3, -0.25) is 0 Å². The Morgan fingerprint density at radius 3 is 0.750 bits per heavy atom. The van der Waals surface area contributed by atoms with Crippen LogP contribution >= 0.6 is 0 Å². The maximum Gasteiger partial charge on any atom is 0 e. The van der Waals surface area contributed by atoms with Crippen molar-refractivity contribution in [2.24, 2.45) is 0 Å². The van der Waals surface area contributed by atoms with Crippen LogP contribution in [-0.4, -0.2) is 5.48 Å². The van der Waals surface area contributed by atoms with E-state index < -0.39 is 0 Å². The van der Waals surface area contributed by atoms with Crippen LogP contribution in [0, 0.1) is 6.15 Å². The van der Waals surface area contributed by atoms with E-state index in [-0.39, 0.29) is 23.9 Å². The Kier molecular flexibility index (Phi) is 33200. The summed E-state index contributed by atoms with van der Waals surface area (Å²) < 4.78 is 0. The molecule has 0 aliphatic carbocycles. The van der Waals surface area contributed by atoms with E-state index in [1.54, 1.807) is 0 Å². The first-order valence-electron chi connectivity index (χ1n) is 0. The van der Waals surface area contributed by atoms with Gasteiger partial charge in [-0.2, -0.15) is 0 Å². The largest absolute Gasteiger partial charge is 0.412 e. The Morgan fingerprint density at radius 1 is 0.750 bits per heavy atom. The summed E-state index contributed by atoms with van der Waals surface area (Å²) in [5.41, 5.74) is 0. The van der Waals surface area contributed by atoms with Crippen molar-refractivity contribution in [3.05, 3.63) is 0 Å². The van der Waals surface area contributed by atoms with E-state index in [0.29, 0.717) is 0 Å². The summed E-state index contributed by atoms with van der Waals surface area (Å²) in [5.74, 6) is 0. The average Bonchev–Trinajstić information content (AvgIpc) is 0. The standard InChI is InChI=1S/He.2H3N.H2O/h;2*1H3;1H2. The molecule has 0 unspecified atom stereocenters. The van der Waals surface area contributed by atoms with E-state index in [1.165, 1.54) is 0 Å². The predicted octanol–water partition coefficient (Wildman–Crippen LogP) is -0.501. The SMILES string of the molecule is N.N.O.[He]. The number of hydrogen-bond acceptors (Lipinski definition) is 2. The summed E-state index contributed by atoms with van der Waals surface area (Å²) >= 11 is 0. The number of rotatable bonds is 0. The molecule has 4 heteroatoms. The minimum atomic E-state index is 0. The molecule has 0 bridgehead atoms. The molecular formula is H8HeN2O.